The van der Waals surface area contributed by atoms with E-state index in [1.54, 1.807) is 84.9 Å². The van der Waals surface area contributed by atoms with Crippen molar-refractivity contribution in [2.24, 2.45) is 0 Å². The summed E-state index contributed by atoms with van der Waals surface area (Å²) >= 11 is 6.97. The molecule has 10 aromatic rings. The van der Waals surface area contributed by atoms with Gasteiger partial charge in [0.1, 0.15) is 90.3 Å². The molecule has 0 bridgehead atoms. The summed E-state index contributed by atoms with van der Waals surface area (Å²) in [5, 5.41) is 73.4. The molecular formula is C85H89ClF6N15O32P3S. The lowest BCUT2D eigenvalue weighted by Crippen LogP contribution is -2.42. The van der Waals surface area contributed by atoms with Crippen molar-refractivity contribution >= 4 is 104 Å². The number of benzene rings is 6. The maximum Gasteiger partial charge on any atom is 0.459 e. The molecule has 16 atom stereocenters. The van der Waals surface area contributed by atoms with E-state index >= 15 is 17.6 Å². The zero-order valence-electron chi connectivity index (χ0n) is 75.2. The molecule has 7 heterocycles. The largest absolute Gasteiger partial charge is 0.460 e. The van der Waals surface area contributed by atoms with E-state index in [4.69, 9.17) is 83.4 Å². The average Bonchev–Trinajstić information content (AvgIpc) is 1.62. The molecule has 7 unspecified atom stereocenters. The first kappa shape index (κ1) is 110. The van der Waals surface area contributed by atoms with Gasteiger partial charge in [-0.2, -0.15) is 51.5 Å². The fourth-order valence-electron chi connectivity index (χ4n) is 13.1. The Kier molecular flexibility index (Phi) is 36.5. The van der Waals surface area contributed by atoms with Gasteiger partial charge in [-0.15, -0.1) is 0 Å². The number of nitro benzene ring substituents is 2. The molecule has 766 valence electrons. The van der Waals surface area contributed by atoms with Gasteiger partial charge in [0.2, 0.25) is 18.7 Å². The van der Waals surface area contributed by atoms with Gasteiger partial charge < -0.3 is 69.0 Å². The van der Waals surface area contributed by atoms with Gasteiger partial charge in [0.05, 0.1) is 46.1 Å². The quantitative estimate of drug-likeness (QED) is 0.00430. The van der Waals surface area contributed by atoms with Crippen LogP contribution in [0.25, 0.3) is 0 Å². The van der Waals surface area contributed by atoms with Crippen molar-refractivity contribution in [2.45, 2.75) is 164 Å². The third-order valence-corrected chi connectivity index (χ3v) is 27.3. The third-order valence-electron chi connectivity index (χ3n) is 20.6. The van der Waals surface area contributed by atoms with Crippen LogP contribution in [0.3, 0.4) is 0 Å². The van der Waals surface area contributed by atoms with Crippen LogP contribution in [0.15, 0.2) is 227 Å². The second kappa shape index (κ2) is 47.3. The SMILES string of the molecule is CC(OC(=O)Nc1ccn([C@@H]2O[C@H](COP(=O)(N[C@@H](C)C(=O)OCc3ccccc3)Oc3ccccc3)C(O)C2(F)F)c(=O)n1)c1ccc([N+](=O)[O-])cc1.C[C@H](NP(=O)(OC[C@H]1O[C@@H](n2ccc(N)nc2=O)C(F)(F)C1O)Oc1ccccc1)C(=O)OCc1ccc([N+](=O)[O-])cc1.C[C@H](NP(=O)(OCc1ccccc1Cl)OC[C@H]1O[C@@H](n2ccc(N)nc2=O)C(F)(F)C1O)C(=O)OC(C)(C)c1ccc([N+](=O)[O-])s1. The van der Waals surface area contributed by atoms with Crippen molar-refractivity contribution in [3.05, 3.63) is 307 Å². The molecule has 4 aromatic heterocycles. The molecule has 0 spiro atoms. The number of para-hydroxylation sites is 2. The van der Waals surface area contributed by atoms with Crippen molar-refractivity contribution < 1.29 is 150 Å². The van der Waals surface area contributed by atoms with Gasteiger partial charge in [0, 0.05) is 53.9 Å². The molecule has 6 aromatic carbocycles. The number of hydrogen-bond acceptors (Lipinski definition) is 38. The second-order valence-electron chi connectivity index (χ2n) is 31.6. The number of alkyl halides is 6. The number of nitrogens with one attached hydrogen (secondary N) is 4. The Morgan fingerprint density at radius 1 is 0.503 bits per heavy atom. The highest BCUT2D eigenvalue weighted by Crippen LogP contribution is 2.53. The predicted molar refractivity (Wildman–Crippen MR) is 489 cm³/mol. The third kappa shape index (κ3) is 28.9. The van der Waals surface area contributed by atoms with Crippen molar-refractivity contribution in [3.8, 4) is 11.5 Å². The second-order valence-corrected chi connectivity index (χ2v) is 38.2. The van der Waals surface area contributed by atoms with Crippen LogP contribution in [-0.2, 0) is 105 Å². The number of ether oxygens (including phenoxy) is 7. The van der Waals surface area contributed by atoms with Crippen LogP contribution in [0.5, 0.6) is 11.5 Å². The highest BCUT2D eigenvalue weighted by atomic mass is 35.5. The van der Waals surface area contributed by atoms with Crippen LogP contribution in [0.2, 0.25) is 5.02 Å². The van der Waals surface area contributed by atoms with E-state index in [0.29, 0.717) is 40.8 Å². The summed E-state index contributed by atoms with van der Waals surface area (Å²) < 4.78 is 203. The highest BCUT2D eigenvalue weighted by molar-refractivity contribution is 7.52. The van der Waals surface area contributed by atoms with Gasteiger partial charge in [-0.05, 0) is 143 Å². The van der Waals surface area contributed by atoms with Gasteiger partial charge in [-0.1, -0.05) is 108 Å². The number of aliphatic hydroxyl groups is 3. The molecule has 11 N–H and O–H groups in total. The first-order valence-corrected chi connectivity index (χ1v) is 47.9. The molecule has 3 aliphatic rings. The number of anilines is 3. The van der Waals surface area contributed by atoms with Crippen LogP contribution in [0.4, 0.5) is 65.0 Å². The van der Waals surface area contributed by atoms with E-state index in [9.17, 15) is 102 Å². The van der Waals surface area contributed by atoms with Crippen molar-refractivity contribution in [1.29, 1.82) is 0 Å². The summed E-state index contributed by atoms with van der Waals surface area (Å²) in [6.07, 6.45) is -19.4. The zero-order valence-corrected chi connectivity index (χ0v) is 79.5. The number of aliphatic hydroxyl groups excluding tert-OH is 3. The lowest BCUT2D eigenvalue weighted by molar-refractivity contribution is -0.385. The summed E-state index contributed by atoms with van der Waals surface area (Å²) in [6, 6.07) is 42.6. The van der Waals surface area contributed by atoms with Crippen LogP contribution in [0.1, 0.15) is 93.5 Å². The summed E-state index contributed by atoms with van der Waals surface area (Å²) in [6.45, 7) is 4.70. The maximum absolute atomic E-state index is 15.4. The Bertz CT molecular complexity index is 6530. The molecule has 58 heteroatoms. The minimum absolute atomic E-state index is 0.0281. The lowest BCUT2D eigenvalue weighted by atomic mass is 10.1. The van der Waals surface area contributed by atoms with E-state index in [2.05, 4.69) is 35.5 Å². The number of rotatable bonds is 40. The number of hydrogen-bond donors (Lipinski definition) is 9. The van der Waals surface area contributed by atoms with Crippen LogP contribution in [0, 0.1) is 30.3 Å². The molecule has 0 aliphatic carbocycles. The van der Waals surface area contributed by atoms with Crippen LogP contribution >= 0.6 is 46.2 Å². The molecule has 13 rings (SSSR count). The first-order chi connectivity index (χ1) is 67.4. The first-order valence-electron chi connectivity index (χ1n) is 42.0. The van der Waals surface area contributed by atoms with Crippen molar-refractivity contribution in [1.82, 2.24) is 43.9 Å². The average molecular weight is 2110 g/mol. The Balaban J connectivity index is 0.000000206. The fourth-order valence-corrected chi connectivity index (χ4v) is 18.6. The Morgan fingerprint density at radius 2 is 0.888 bits per heavy atom. The summed E-state index contributed by atoms with van der Waals surface area (Å²) in [7, 11) is -13.7. The van der Waals surface area contributed by atoms with Crippen LogP contribution in [-0.4, -0.2) is 175 Å². The van der Waals surface area contributed by atoms with Gasteiger partial charge in [-0.3, -0.25) is 81.8 Å². The standard InChI is InChI=1S/C34H34F2N5O12P.C26H29ClF2N5O10PS.C25H26F2N5O10P/c1-21(30(43)49-19-23-9-5-3-6-10-23)39-54(48,53-26-11-7-4-8-12-26)50-20-27-29(42)34(35,36)31(52-27)40-18-17-28(37-32(40)44)38-33(45)51-22(2)24-13-15-25(16-14-24)41(46)47;1-14(22(36)44-25(2,3)18-8-9-20(46-18)34(38)39)32-45(40,41-12-15-6-4-5-7-16(15)27)42-13-17-21(35)26(28,29)23(43-17)33-11-10-19(30)31-24(33)37;1-15(22(34)39-13-16-7-9-17(10-8-16)32(36)37)30-43(38,42-18-5-3-2-4-6-18)40-14-19-21(33)25(26,27)23(41-19)31-12-11-20(28)29-24(31)35/h3-18,21-22,27,29,31,42H,19-20H2,1-2H3,(H,39,48)(H,37,38,44,45);4-11,14,17,21,23,35H,12-13H2,1-3H3,(H,32,40)(H2,30,31,37);2-12,15,19,21,23,33H,13-14H2,1H3,(H,30,38)(H2,28,29,35)/t21-,22?,27+,29?,31+,54?;14-,17+,21?,23+,45?;15-,19+,21?,23+,43?/m000/s1. The van der Waals surface area contributed by atoms with Gasteiger partial charge in [0.15, 0.2) is 18.3 Å². The number of aromatic nitrogens is 6. The lowest BCUT2D eigenvalue weighted by Gasteiger charge is -2.28. The molecule has 143 heavy (non-hydrogen) atoms. The number of nitro groups is 3. The predicted octanol–water partition coefficient (Wildman–Crippen LogP) is 12.0. The fraction of sp³-hybridized carbons (Fsp3) is 0.341. The smallest absolute Gasteiger partial charge is 0.459 e. The molecular weight excluding hydrogens is 2020 g/mol. The number of nitrogens with zero attached hydrogens (tertiary/aromatic N) is 9. The number of thiophene rings is 1. The summed E-state index contributed by atoms with van der Waals surface area (Å²) in [5.41, 5.74) is 7.45. The molecule has 0 saturated carbocycles. The molecule has 47 nitrogen and oxygen atoms in total. The number of amides is 1. The molecule has 3 fully saturated rings. The van der Waals surface area contributed by atoms with E-state index in [0.717, 1.165) is 48.1 Å². The van der Waals surface area contributed by atoms with E-state index in [1.807, 2.05) is 0 Å². The number of nitrogen functional groups attached to an aromatic ring is 2. The highest BCUT2D eigenvalue weighted by Gasteiger charge is 2.63. The molecule has 3 saturated heterocycles. The molecule has 1 amide bonds. The summed E-state index contributed by atoms with van der Waals surface area (Å²) in [5.74, 6) is -15.6. The molecule has 0 radical (unpaired) electrons. The topological polar surface area (TPSA) is 634 Å². The Labute approximate surface area is 812 Å². The number of nitrogens with two attached hydrogens (primary N) is 2. The van der Waals surface area contributed by atoms with Gasteiger partial charge in [-0.25, -0.2) is 38.0 Å². The van der Waals surface area contributed by atoms with Crippen LogP contribution < -0.4 is 58.2 Å². The minimum atomic E-state index is -4.62. The summed E-state index contributed by atoms with van der Waals surface area (Å²) in [4.78, 5) is 130. The van der Waals surface area contributed by atoms with E-state index < -0.39 is 208 Å². The van der Waals surface area contributed by atoms with E-state index in [-0.39, 0.29) is 63.6 Å². The maximum atomic E-state index is 15.4. The van der Waals surface area contributed by atoms with Gasteiger partial charge in [0.25, 0.3) is 11.4 Å². The Hall–Kier alpha value is -13.2. The number of non-ortho nitro benzene ring substituents is 2. The molecule has 3 aliphatic heterocycles. The number of carbonyl (C=O) groups is 4. The zero-order chi connectivity index (χ0) is 104. The van der Waals surface area contributed by atoms with E-state index in [1.165, 1.54) is 133 Å². The van der Waals surface area contributed by atoms with Crippen molar-refractivity contribution in [2.75, 3.05) is 36.6 Å². The number of carbonyl (C=O) groups excluding carboxylic acids is 4. The Morgan fingerprint density at radius 3 is 1.30 bits per heavy atom. The number of esters is 3. The van der Waals surface area contributed by atoms with Crippen molar-refractivity contribution in [3.63, 3.8) is 0 Å². The number of halogens is 7. The minimum Gasteiger partial charge on any atom is -0.460 e. The van der Waals surface area contributed by atoms with Gasteiger partial charge >= 0.3 is 87.1 Å². The monoisotopic (exact) mass is 2110 g/mol. The normalized spacial score (nSPS) is 20.8.